The van der Waals surface area contributed by atoms with E-state index in [1.807, 2.05) is 42.5 Å². The summed E-state index contributed by atoms with van der Waals surface area (Å²) in [5, 5.41) is 14.6. The first kappa shape index (κ1) is 16.4. The smallest absolute Gasteiger partial charge is 0.253 e. The number of hydrogen-bond acceptors (Lipinski definition) is 4. The zero-order valence-corrected chi connectivity index (χ0v) is 13.4. The van der Waals surface area contributed by atoms with Gasteiger partial charge >= 0.3 is 0 Å². The Bertz CT molecular complexity index is 848. The zero-order chi connectivity index (χ0) is 16.8. The molecule has 2 N–H and O–H groups in total. The summed E-state index contributed by atoms with van der Waals surface area (Å²) < 4.78 is 5.18. The second-order valence-corrected chi connectivity index (χ2v) is 5.49. The second kappa shape index (κ2) is 7.86. The summed E-state index contributed by atoms with van der Waals surface area (Å²) in [5.41, 5.74) is 1.30. The number of rotatable bonds is 7. The van der Waals surface area contributed by atoms with Crippen LogP contribution in [0.2, 0.25) is 0 Å². The lowest BCUT2D eigenvalue weighted by molar-refractivity contribution is 0.0868. The highest BCUT2D eigenvalue weighted by molar-refractivity contribution is 6.15. The molecule has 0 unspecified atom stereocenters. The number of ether oxygens (including phenoxy) is 1. The van der Waals surface area contributed by atoms with Crippen molar-refractivity contribution >= 4 is 27.6 Å². The van der Waals surface area contributed by atoms with Crippen LogP contribution >= 0.6 is 0 Å². The molecule has 3 rings (SSSR count). The highest BCUT2D eigenvalue weighted by atomic mass is 16.5. The van der Waals surface area contributed by atoms with Crippen LogP contribution in [-0.2, 0) is 4.74 Å². The summed E-state index contributed by atoms with van der Waals surface area (Å²) >= 11 is 0. The van der Waals surface area contributed by atoms with Crippen LogP contribution in [0.15, 0.2) is 48.7 Å². The van der Waals surface area contributed by atoms with Crippen molar-refractivity contribution < 1.29 is 14.6 Å². The number of pyridine rings is 1. The number of hydrogen-bond donors (Lipinski definition) is 2. The molecule has 0 aliphatic carbocycles. The van der Waals surface area contributed by atoms with Gasteiger partial charge in [0, 0.05) is 24.7 Å². The van der Waals surface area contributed by atoms with E-state index in [-0.39, 0.29) is 12.5 Å². The van der Waals surface area contributed by atoms with E-state index < -0.39 is 0 Å². The molecular weight excluding hydrogens is 304 g/mol. The van der Waals surface area contributed by atoms with Crippen molar-refractivity contribution in [1.82, 2.24) is 10.3 Å². The van der Waals surface area contributed by atoms with Gasteiger partial charge in [-0.05, 0) is 29.3 Å². The Balaban J connectivity index is 1.81. The van der Waals surface area contributed by atoms with Crippen LogP contribution in [0.4, 0.5) is 0 Å². The molecule has 0 bridgehead atoms. The Hall–Kier alpha value is -2.50. The van der Waals surface area contributed by atoms with Gasteiger partial charge in [0.05, 0.1) is 24.3 Å². The van der Waals surface area contributed by atoms with Gasteiger partial charge in [0.2, 0.25) is 0 Å². The van der Waals surface area contributed by atoms with Crippen molar-refractivity contribution in [2.24, 2.45) is 0 Å². The van der Waals surface area contributed by atoms with E-state index in [0.29, 0.717) is 37.3 Å². The molecule has 5 heteroatoms. The third kappa shape index (κ3) is 3.53. The number of benzene rings is 2. The number of amides is 1. The lowest BCUT2D eigenvalue weighted by atomic mass is 10.0. The molecule has 0 fully saturated rings. The predicted octanol–water partition coefficient (Wildman–Crippen LogP) is 2.52. The second-order valence-electron chi connectivity index (χ2n) is 5.49. The van der Waals surface area contributed by atoms with Crippen molar-refractivity contribution in [2.45, 2.75) is 6.42 Å². The molecule has 5 nitrogen and oxygen atoms in total. The summed E-state index contributed by atoms with van der Waals surface area (Å²) in [6, 6.07) is 13.8. The fraction of sp³-hybridized carbons (Fsp3) is 0.263. The summed E-state index contributed by atoms with van der Waals surface area (Å²) in [4.78, 5) is 17.0. The van der Waals surface area contributed by atoms with Crippen LogP contribution in [0.25, 0.3) is 21.7 Å². The number of aliphatic hydroxyl groups excluding tert-OH is 1. The monoisotopic (exact) mass is 324 g/mol. The maximum Gasteiger partial charge on any atom is 0.253 e. The molecule has 0 saturated carbocycles. The first-order valence-electron chi connectivity index (χ1n) is 8.04. The highest BCUT2D eigenvalue weighted by Crippen LogP contribution is 2.27. The van der Waals surface area contributed by atoms with E-state index >= 15 is 0 Å². The van der Waals surface area contributed by atoms with Crippen molar-refractivity contribution in [3.05, 3.63) is 54.2 Å². The molecule has 1 heterocycles. The van der Waals surface area contributed by atoms with Gasteiger partial charge in [-0.3, -0.25) is 9.78 Å². The molecule has 0 spiro atoms. The van der Waals surface area contributed by atoms with Crippen LogP contribution in [0.5, 0.6) is 0 Å². The molecule has 2 aromatic carbocycles. The largest absolute Gasteiger partial charge is 0.394 e. The van der Waals surface area contributed by atoms with E-state index in [1.54, 1.807) is 6.20 Å². The number of fused-ring (bicyclic) bond motifs is 3. The molecule has 1 amide bonds. The van der Waals surface area contributed by atoms with E-state index in [2.05, 4.69) is 10.3 Å². The average Bonchev–Trinajstić information content (AvgIpc) is 2.63. The molecule has 24 heavy (non-hydrogen) atoms. The summed E-state index contributed by atoms with van der Waals surface area (Å²) in [6.45, 7) is 1.37. The van der Waals surface area contributed by atoms with E-state index in [9.17, 15) is 4.79 Å². The van der Waals surface area contributed by atoms with Crippen molar-refractivity contribution in [3.63, 3.8) is 0 Å². The summed E-state index contributed by atoms with van der Waals surface area (Å²) in [7, 11) is 0. The van der Waals surface area contributed by atoms with Gasteiger partial charge in [-0.1, -0.05) is 30.3 Å². The van der Waals surface area contributed by atoms with E-state index in [4.69, 9.17) is 9.84 Å². The molecule has 0 radical (unpaired) electrons. The topological polar surface area (TPSA) is 71.5 Å². The standard InChI is InChI=1S/C19H20N2O3/c22-10-12-24-11-4-9-21-19(23)17-13-14-5-1-2-6-15(14)16-7-3-8-20-18(16)17/h1-3,5-8,13,22H,4,9-12H2,(H,21,23). The molecule has 124 valence electrons. The minimum absolute atomic E-state index is 0.0150. The lowest BCUT2D eigenvalue weighted by Crippen LogP contribution is -2.25. The Morgan fingerprint density at radius 3 is 2.83 bits per heavy atom. The number of aliphatic hydroxyl groups is 1. The first-order valence-corrected chi connectivity index (χ1v) is 8.04. The van der Waals surface area contributed by atoms with Gasteiger partial charge in [0.25, 0.3) is 5.91 Å². The molecule has 3 aromatic rings. The quantitative estimate of drug-likeness (QED) is 0.517. The van der Waals surface area contributed by atoms with E-state index in [1.165, 1.54) is 0 Å². The number of carbonyl (C=O) groups is 1. The minimum Gasteiger partial charge on any atom is -0.394 e. The lowest BCUT2D eigenvalue weighted by Gasteiger charge is -2.10. The SMILES string of the molecule is O=C(NCCCOCCO)c1cc2ccccc2c2cccnc12. The van der Waals surface area contributed by atoms with Crippen molar-refractivity contribution in [3.8, 4) is 0 Å². The maximum atomic E-state index is 12.6. The highest BCUT2D eigenvalue weighted by Gasteiger charge is 2.13. The molecular formula is C19H20N2O3. The van der Waals surface area contributed by atoms with Gasteiger partial charge < -0.3 is 15.2 Å². The summed E-state index contributed by atoms with van der Waals surface area (Å²) in [5.74, 6) is -0.133. The van der Waals surface area contributed by atoms with Crippen LogP contribution in [0.1, 0.15) is 16.8 Å². The fourth-order valence-electron chi connectivity index (χ4n) is 2.74. The van der Waals surface area contributed by atoms with Gasteiger partial charge in [-0.15, -0.1) is 0 Å². The molecule has 0 atom stereocenters. The Morgan fingerprint density at radius 1 is 1.12 bits per heavy atom. The Kier molecular flexibility index (Phi) is 5.36. The minimum atomic E-state index is -0.133. The van der Waals surface area contributed by atoms with Gasteiger partial charge in [0.1, 0.15) is 0 Å². The van der Waals surface area contributed by atoms with Crippen molar-refractivity contribution in [2.75, 3.05) is 26.4 Å². The normalized spacial score (nSPS) is 11.0. The number of carbonyl (C=O) groups excluding carboxylic acids is 1. The van der Waals surface area contributed by atoms with Gasteiger partial charge in [-0.25, -0.2) is 0 Å². The van der Waals surface area contributed by atoms with Gasteiger partial charge in [0.15, 0.2) is 0 Å². The molecule has 0 aliphatic rings. The van der Waals surface area contributed by atoms with Crippen LogP contribution < -0.4 is 5.32 Å². The zero-order valence-electron chi connectivity index (χ0n) is 13.4. The van der Waals surface area contributed by atoms with E-state index in [0.717, 1.165) is 16.2 Å². The fourth-order valence-corrected chi connectivity index (χ4v) is 2.74. The number of aromatic nitrogens is 1. The first-order chi connectivity index (χ1) is 11.8. The molecule has 0 saturated heterocycles. The van der Waals surface area contributed by atoms with Crippen LogP contribution in [0, 0.1) is 0 Å². The molecule has 1 aromatic heterocycles. The maximum absolute atomic E-state index is 12.6. The van der Waals surface area contributed by atoms with Crippen LogP contribution in [-0.4, -0.2) is 42.4 Å². The molecule has 0 aliphatic heterocycles. The number of nitrogens with zero attached hydrogens (tertiary/aromatic N) is 1. The average molecular weight is 324 g/mol. The third-order valence-electron chi connectivity index (χ3n) is 3.84. The Labute approximate surface area is 140 Å². The van der Waals surface area contributed by atoms with Crippen LogP contribution in [0.3, 0.4) is 0 Å². The van der Waals surface area contributed by atoms with Crippen molar-refractivity contribution in [1.29, 1.82) is 0 Å². The Morgan fingerprint density at radius 2 is 1.96 bits per heavy atom. The third-order valence-corrected chi connectivity index (χ3v) is 3.84. The summed E-state index contributed by atoms with van der Waals surface area (Å²) in [6.07, 6.45) is 2.40. The predicted molar refractivity (Wildman–Crippen MR) is 94.1 cm³/mol. The number of nitrogens with one attached hydrogen (secondary N) is 1. The van der Waals surface area contributed by atoms with Gasteiger partial charge in [-0.2, -0.15) is 0 Å².